The van der Waals surface area contributed by atoms with Crippen LogP contribution in [-0.2, 0) is 14.4 Å². The molecule has 0 saturated carbocycles. The van der Waals surface area contributed by atoms with Gasteiger partial charge in [-0.25, -0.2) is 0 Å². The van der Waals surface area contributed by atoms with Gasteiger partial charge in [0.05, 0.1) is 34.3 Å². The van der Waals surface area contributed by atoms with Gasteiger partial charge in [0, 0.05) is 20.9 Å². The highest BCUT2D eigenvalue weighted by Gasteiger charge is 2.34. The minimum absolute atomic E-state index is 0.0229. The zero-order valence-electron chi connectivity index (χ0n) is 17.1. The zero-order valence-corrected chi connectivity index (χ0v) is 23.6. The van der Waals surface area contributed by atoms with Gasteiger partial charge in [-0.2, -0.15) is 0 Å². The van der Waals surface area contributed by atoms with Crippen LogP contribution >= 0.6 is 67.8 Å². The maximum atomic E-state index is 13.1. The van der Waals surface area contributed by atoms with Gasteiger partial charge in [-0.15, -0.1) is 0 Å². The molecule has 0 aliphatic heterocycles. The summed E-state index contributed by atoms with van der Waals surface area (Å²) in [5, 5.41) is 43.4. The van der Waals surface area contributed by atoms with Gasteiger partial charge in [-0.1, -0.05) is 0 Å². The highest BCUT2D eigenvalue weighted by molar-refractivity contribution is 14.1. The van der Waals surface area contributed by atoms with Gasteiger partial charge in [0.15, 0.2) is 0 Å². The largest absolute Gasteiger partial charge is 0.394 e. The molecular weight excluding hydrogens is 767 g/mol. The lowest BCUT2D eigenvalue weighted by molar-refractivity contribution is -0.119. The summed E-state index contributed by atoms with van der Waals surface area (Å²) in [6.07, 6.45) is -5.36. The van der Waals surface area contributed by atoms with Crippen LogP contribution in [0.3, 0.4) is 0 Å². The molecule has 32 heavy (non-hydrogen) atoms. The van der Waals surface area contributed by atoms with Crippen molar-refractivity contribution in [2.75, 3.05) is 23.9 Å². The van der Waals surface area contributed by atoms with E-state index in [-0.39, 0.29) is 23.4 Å². The molecule has 0 aliphatic rings. The first-order chi connectivity index (χ1) is 14.8. The van der Waals surface area contributed by atoms with Crippen LogP contribution in [0.25, 0.3) is 0 Å². The fraction of sp³-hybridized carbons (Fsp3) is 0.444. The van der Waals surface area contributed by atoms with Gasteiger partial charge in [-0.3, -0.25) is 14.4 Å². The number of aldehydes is 1. The molecule has 3 amide bonds. The van der Waals surface area contributed by atoms with E-state index in [1.807, 2.05) is 67.8 Å². The lowest BCUT2D eigenvalue weighted by Gasteiger charge is -2.27. The number of anilines is 2. The molecule has 11 nitrogen and oxygen atoms in total. The Balaban J connectivity index is 3.57. The van der Waals surface area contributed by atoms with E-state index in [1.165, 1.54) is 25.8 Å². The summed E-state index contributed by atoms with van der Waals surface area (Å²) in [7, 11) is 1.50. The molecule has 0 fully saturated rings. The topological polar surface area (TPSA) is 176 Å². The van der Waals surface area contributed by atoms with Crippen molar-refractivity contribution in [2.24, 2.45) is 0 Å². The number of hydrogen-bond acceptors (Lipinski definition) is 8. The number of rotatable bonds is 9. The van der Waals surface area contributed by atoms with E-state index < -0.39 is 42.8 Å². The average molecular weight is 789 g/mol. The Bertz CT molecular complexity index is 914. The molecule has 14 heteroatoms. The minimum Gasteiger partial charge on any atom is -0.394 e. The molecule has 0 aromatic heterocycles. The van der Waals surface area contributed by atoms with E-state index in [2.05, 4.69) is 10.6 Å². The highest BCUT2D eigenvalue weighted by Crippen LogP contribution is 2.40. The summed E-state index contributed by atoms with van der Waals surface area (Å²) in [4.78, 5) is 49.6. The Hall–Kier alpha value is -0.670. The van der Waals surface area contributed by atoms with Gasteiger partial charge >= 0.3 is 0 Å². The van der Waals surface area contributed by atoms with Crippen LogP contribution in [0.1, 0.15) is 24.2 Å². The van der Waals surface area contributed by atoms with Crippen molar-refractivity contribution in [1.82, 2.24) is 5.32 Å². The van der Waals surface area contributed by atoms with Gasteiger partial charge in [0.2, 0.25) is 11.8 Å². The van der Waals surface area contributed by atoms with Crippen LogP contribution in [0.5, 0.6) is 0 Å². The first-order valence-electron chi connectivity index (χ1n) is 8.93. The number of nitrogens with zero attached hydrogens (tertiary/aromatic N) is 1. The van der Waals surface area contributed by atoms with Crippen LogP contribution in [0.2, 0.25) is 0 Å². The molecule has 1 aromatic carbocycles. The van der Waals surface area contributed by atoms with E-state index in [4.69, 9.17) is 5.11 Å². The summed E-state index contributed by atoms with van der Waals surface area (Å²) >= 11 is 5.65. The van der Waals surface area contributed by atoms with Crippen molar-refractivity contribution < 1.29 is 39.6 Å². The molecule has 0 aliphatic carbocycles. The molecule has 1 aromatic rings. The van der Waals surface area contributed by atoms with Crippen LogP contribution in [0.4, 0.5) is 11.4 Å². The van der Waals surface area contributed by atoms with Crippen molar-refractivity contribution in [2.45, 2.75) is 38.2 Å². The first kappa shape index (κ1) is 29.4. The zero-order chi connectivity index (χ0) is 24.9. The Labute approximate surface area is 224 Å². The average Bonchev–Trinajstić information content (AvgIpc) is 2.72. The van der Waals surface area contributed by atoms with Crippen LogP contribution in [0, 0.1) is 10.7 Å². The predicted octanol–water partition coefficient (Wildman–Crippen LogP) is -0.186. The number of nitrogens with one attached hydrogen (secondary N) is 2. The number of amides is 3. The fourth-order valence-corrected chi connectivity index (χ4v) is 7.21. The van der Waals surface area contributed by atoms with E-state index in [0.29, 0.717) is 16.4 Å². The van der Waals surface area contributed by atoms with Gasteiger partial charge < -0.3 is 40.8 Å². The Morgan fingerprint density at radius 2 is 1.59 bits per heavy atom. The molecule has 0 saturated heterocycles. The van der Waals surface area contributed by atoms with Gasteiger partial charge in [0.25, 0.3) is 5.91 Å². The summed E-state index contributed by atoms with van der Waals surface area (Å²) in [5.74, 6) is -1.57. The van der Waals surface area contributed by atoms with Crippen molar-refractivity contribution in [3.05, 3.63) is 16.3 Å². The van der Waals surface area contributed by atoms with E-state index in [9.17, 15) is 34.5 Å². The number of carbonyl (C=O) groups is 4. The number of benzene rings is 1. The molecule has 0 heterocycles. The molecule has 0 radical (unpaired) electrons. The standard InChI is InChI=1S/C18H22I3N3O8/c1-6(27)22-14-11(19)10(12(20)15(13(14)21)24(3)7(2)28)18(32)23-8(4-25)16(30)17(31)9(29)5-26/h4,8-9,16-17,26,29-31H,5H2,1-3H3,(H,22,27)(H,23,32)/t8-,9+,16+,17-/m1/s1. The minimum atomic E-state index is -1.91. The fourth-order valence-electron chi connectivity index (χ4n) is 2.56. The van der Waals surface area contributed by atoms with Crippen molar-refractivity contribution >= 4 is 103 Å². The third-order valence-electron chi connectivity index (χ3n) is 4.37. The van der Waals surface area contributed by atoms with Crippen molar-refractivity contribution in [3.63, 3.8) is 0 Å². The SMILES string of the molecule is CC(=O)Nc1c(I)c(C(=O)N[C@H](C=O)[C@H](O)[C@H](O)[C@@H](O)CO)c(I)c(N(C)C(C)=O)c1I. The second-order valence-electron chi connectivity index (χ2n) is 6.67. The molecule has 6 N–H and O–H groups in total. The lowest BCUT2D eigenvalue weighted by Crippen LogP contribution is -2.53. The Morgan fingerprint density at radius 1 is 1.03 bits per heavy atom. The second kappa shape index (κ2) is 12.7. The lowest BCUT2D eigenvalue weighted by atomic mass is 10.0. The third kappa shape index (κ3) is 6.69. The maximum absolute atomic E-state index is 13.1. The number of aliphatic hydroxyl groups is 4. The van der Waals surface area contributed by atoms with Crippen molar-refractivity contribution in [3.8, 4) is 0 Å². The molecule has 178 valence electrons. The van der Waals surface area contributed by atoms with Crippen LogP contribution in [-0.4, -0.2) is 82.4 Å². The Kier molecular flexibility index (Phi) is 11.7. The van der Waals surface area contributed by atoms with Crippen LogP contribution in [0.15, 0.2) is 0 Å². The number of hydrogen-bond donors (Lipinski definition) is 6. The number of aliphatic hydroxyl groups excluding tert-OH is 4. The van der Waals surface area contributed by atoms with Crippen LogP contribution < -0.4 is 15.5 Å². The normalized spacial score (nSPS) is 14.7. The van der Waals surface area contributed by atoms with E-state index in [1.54, 1.807) is 0 Å². The van der Waals surface area contributed by atoms with Crippen molar-refractivity contribution in [1.29, 1.82) is 0 Å². The predicted molar refractivity (Wildman–Crippen MR) is 140 cm³/mol. The Morgan fingerprint density at radius 3 is 2.03 bits per heavy atom. The summed E-state index contributed by atoms with van der Waals surface area (Å²) in [6.45, 7) is 1.74. The van der Waals surface area contributed by atoms with E-state index in [0.717, 1.165) is 0 Å². The molecule has 1 rings (SSSR count). The number of carbonyl (C=O) groups excluding carboxylic acids is 4. The summed E-state index contributed by atoms with van der Waals surface area (Å²) < 4.78 is 1.17. The monoisotopic (exact) mass is 789 g/mol. The summed E-state index contributed by atoms with van der Waals surface area (Å²) in [6, 6.07) is -1.62. The molecule has 4 atom stereocenters. The number of halogens is 3. The first-order valence-corrected chi connectivity index (χ1v) is 12.2. The third-order valence-corrected chi connectivity index (χ3v) is 7.55. The molecule has 0 spiro atoms. The van der Waals surface area contributed by atoms with Gasteiger partial charge in [-0.05, 0) is 67.8 Å². The quantitative estimate of drug-likeness (QED) is 0.148. The molecule has 0 bridgehead atoms. The van der Waals surface area contributed by atoms with Gasteiger partial charge in [0.1, 0.15) is 30.6 Å². The maximum Gasteiger partial charge on any atom is 0.254 e. The summed E-state index contributed by atoms with van der Waals surface area (Å²) in [5.41, 5.74) is 0.660. The molecule has 0 unspecified atom stereocenters. The van der Waals surface area contributed by atoms with E-state index >= 15 is 0 Å². The highest BCUT2D eigenvalue weighted by atomic mass is 127. The second-order valence-corrected chi connectivity index (χ2v) is 9.90. The smallest absolute Gasteiger partial charge is 0.254 e. The molecular formula is C18H22I3N3O8.